The predicted octanol–water partition coefficient (Wildman–Crippen LogP) is 4.34. The van der Waals surface area contributed by atoms with E-state index >= 15 is 0 Å². The molecule has 0 N–H and O–H groups in total. The standard InChI is InChI=1S/C11H14O.CCl2O/c1-2-5-10(6-3-1)9-12-11-7-4-8-11;2-1(3)4/h1-3,5-6,11H,4,7-9H2;. The molecule has 1 aliphatic carbocycles. The molecule has 88 valence electrons. The molecule has 0 amide bonds. The quantitative estimate of drug-likeness (QED) is 0.756. The molecule has 0 heterocycles. The molecule has 4 heteroatoms. The lowest BCUT2D eigenvalue weighted by Crippen LogP contribution is -2.21. The van der Waals surface area contributed by atoms with Crippen LogP contribution in [-0.4, -0.2) is 10.8 Å². The summed E-state index contributed by atoms with van der Waals surface area (Å²) < 4.78 is 4.78. The maximum absolute atomic E-state index is 8.98. The molecule has 1 saturated carbocycles. The highest BCUT2D eigenvalue weighted by Gasteiger charge is 2.17. The average molecular weight is 261 g/mol. The molecule has 0 unspecified atom stereocenters. The van der Waals surface area contributed by atoms with Crippen molar-refractivity contribution in [3.05, 3.63) is 35.9 Å². The van der Waals surface area contributed by atoms with Gasteiger partial charge in [-0.25, -0.2) is 0 Å². The van der Waals surface area contributed by atoms with E-state index in [1.807, 2.05) is 6.07 Å². The molecule has 0 aromatic heterocycles. The van der Waals surface area contributed by atoms with E-state index in [1.165, 1.54) is 24.8 Å². The molecule has 16 heavy (non-hydrogen) atoms. The molecule has 0 bridgehead atoms. The maximum Gasteiger partial charge on any atom is 0.313 e. The zero-order valence-corrected chi connectivity index (χ0v) is 10.4. The van der Waals surface area contributed by atoms with Crippen molar-refractivity contribution in [2.45, 2.75) is 32.0 Å². The fourth-order valence-corrected chi connectivity index (χ4v) is 1.33. The summed E-state index contributed by atoms with van der Waals surface area (Å²) >= 11 is 8.80. The summed E-state index contributed by atoms with van der Waals surface area (Å²) in [5, 5.41) is 0. The minimum Gasteiger partial charge on any atom is -0.374 e. The van der Waals surface area contributed by atoms with Gasteiger partial charge in [-0.2, -0.15) is 0 Å². The Morgan fingerprint density at radius 3 is 2.25 bits per heavy atom. The zero-order chi connectivity index (χ0) is 11.8. The van der Waals surface area contributed by atoms with Crippen molar-refractivity contribution >= 4 is 27.9 Å². The van der Waals surface area contributed by atoms with Crippen LogP contribution in [0.1, 0.15) is 24.8 Å². The number of carbonyl (C=O) groups excluding carboxylic acids is 1. The molecule has 1 aliphatic rings. The Hall–Kier alpha value is -0.570. The van der Waals surface area contributed by atoms with Crippen LogP contribution in [-0.2, 0) is 11.3 Å². The first-order valence-electron chi connectivity index (χ1n) is 5.19. The molecular formula is C12H14Cl2O2. The van der Waals surface area contributed by atoms with Crippen molar-refractivity contribution in [1.82, 2.24) is 0 Å². The van der Waals surface area contributed by atoms with Gasteiger partial charge in [-0.1, -0.05) is 30.3 Å². The van der Waals surface area contributed by atoms with Crippen LogP contribution < -0.4 is 0 Å². The second kappa shape index (κ2) is 7.66. The van der Waals surface area contributed by atoms with Gasteiger partial charge in [0.2, 0.25) is 0 Å². The summed E-state index contributed by atoms with van der Waals surface area (Å²) in [7, 11) is 0. The van der Waals surface area contributed by atoms with E-state index < -0.39 is 4.70 Å². The van der Waals surface area contributed by atoms with E-state index in [0.29, 0.717) is 6.10 Å². The second-order valence-corrected chi connectivity index (χ2v) is 4.46. The van der Waals surface area contributed by atoms with E-state index in [4.69, 9.17) is 9.53 Å². The minimum absolute atomic E-state index is 0.546. The number of benzene rings is 1. The van der Waals surface area contributed by atoms with Crippen LogP contribution in [0, 0.1) is 0 Å². The molecule has 1 aromatic carbocycles. The van der Waals surface area contributed by atoms with E-state index in [1.54, 1.807) is 0 Å². The Morgan fingerprint density at radius 2 is 1.81 bits per heavy atom. The lowest BCUT2D eigenvalue weighted by Gasteiger charge is -2.25. The van der Waals surface area contributed by atoms with Gasteiger partial charge in [0, 0.05) is 0 Å². The smallest absolute Gasteiger partial charge is 0.313 e. The van der Waals surface area contributed by atoms with Crippen molar-refractivity contribution in [2.24, 2.45) is 0 Å². The Labute approximate surface area is 106 Å². The van der Waals surface area contributed by atoms with Gasteiger partial charge in [0.15, 0.2) is 0 Å². The van der Waals surface area contributed by atoms with Gasteiger partial charge < -0.3 is 4.74 Å². The monoisotopic (exact) mass is 260 g/mol. The first-order chi connectivity index (χ1) is 7.68. The van der Waals surface area contributed by atoms with Crippen LogP contribution >= 0.6 is 23.2 Å². The molecule has 2 rings (SSSR count). The third-order valence-corrected chi connectivity index (χ3v) is 2.38. The first kappa shape index (κ1) is 13.5. The number of hydrogen-bond acceptors (Lipinski definition) is 2. The summed E-state index contributed by atoms with van der Waals surface area (Å²) in [6, 6.07) is 10.4. The lowest BCUT2D eigenvalue weighted by atomic mass is 9.96. The predicted molar refractivity (Wildman–Crippen MR) is 66.0 cm³/mol. The zero-order valence-electron chi connectivity index (χ0n) is 8.86. The molecular weight excluding hydrogens is 247 g/mol. The second-order valence-electron chi connectivity index (χ2n) is 3.58. The summed E-state index contributed by atoms with van der Waals surface area (Å²) in [5.74, 6) is 0. The van der Waals surface area contributed by atoms with Gasteiger partial charge in [0.1, 0.15) is 0 Å². The molecule has 1 aromatic rings. The van der Waals surface area contributed by atoms with Crippen LogP contribution in [0.3, 0.4) is 0 Å². The average Bonchev–Trinajstić information content (AvgIpc) is 2.16. The summed E-state index contributed by atoms with van der Waals surface area (Å²) in [5.41, 5.74) is 1.28. The highest BCUT2D eigenvalue weighted by molar-refractivity contribution is 6.93. The van der Waals surface area contributed by atoms with Gasteiger partial charge in [0.05, 0.1) is 12.7 Å². The number of rotatable bonds is 3. The van der Waals surface area contributed by atoms with Crippen LogP contribution in [0.4, 0.5) is 4.79 Å². The molecule has 1 fully saturated rings. The van der Waals surface area contributed by atoms with Gasteiger partial charge >= 0.3 is 4.70 Å². The van der Waals surface area contributed by atoms with E-state index in [0.717, 1.165) is 6.61 Å². The third-order valence-electron chi connectivity index (χ3n) is 2.38. The van der Waals surface area contributed by atoms with Crippen LogP contribution in [0.25, 0.3) is 0 Å². The van der Waals surface area contributed by atoms with E-state index in [2.05, 4.69) is 47.5 Å². The molecule has 0 saturated heterocycles. The fourth-order valence-electron chi connectivity index (χ4n) is 1.33. The topological polar surface area (TPSA) is 26.3 Å². The first-order valence-corrected chi connectivity index (χ1v) is 5.94. The van der Waals surface area contributed by atoms with Crippen LogP contribution in [0.15, 0.2) is 30.3 Å². The largest absolute Gasteiger partial charge is 0.374 e. The Balaban J connectivity index is 0.000000280. The van der Waals surface area contributed by atoms with Gasteiger partial charge in [-0.05, 0) is 48.0 Å². The van der Waals surface area contributed by atoms with Crippen molar-refractivity contribution in [3.63, 3.8) is 0 Å². The van der Waals surface area contributed by atoms with Crippen molar-refractivity contribution < 1.29 is 9.53 Å². The van der Waals surface area contributed by atoms with E-state index in [-0.39, 0.29) is 0 Å². The summed E-state index contributed by atoms with van der Waals surface area (Å²) in [6.07, 6.45) is 4.41. The molecule has 0 atom stereocenters. The van der Waals surface area contributed by atoms with Gasteiger partial charge in [0.25, 0.3) is 0 Å². The SMILES string of the molecule is O=C(Cl)Cl.c1ccc(COC2CCC2)cc1. The molecule has 0 aliphatic heterocycles. The molecule has 0 spiro atoms. The Kier molecular flexibility index (Phi) is 6.46. The number of halogens is 2. The summed E-state index contributed by atoms with van der Waals surface area (Å²) in [6.45, 7) is 0.783. The normalized spacial score (nSPS) is 14.6. The number of ether oxygens (including phenoxy) is 1. The van der Waals surface area contributed by atoms with Gasteiger partial charge in [-0.3, -0.25) is 4.79 Å². The Morgan fingerprint density at radius 1 is 1.25 bits per heavy atom. The Bertz CT molecular complexity index is 306. The van der Waals surface area contributed by atoms with Crippen LogP contribution in [0.2, 0.25) is 0 Å². The molecule has 2 nitrogen and oxygen atoms in total. The lowest BCUT2D eigenvalue weighted by molar-refractivity contribution is -0.00866. The minimum atomic E-state index is -0.889. The van der Waals surface area contributed by atoms with E-state index in [9.17, 15) is 0 Å². The number of carbonyl (C=O) groups is 1. The van der Waals surface area contributed by atoms with Gasteiger partial charge in [-0.15, -0.1) is 0 Å². The summed E-state index contributed by atoms with van der Waals surface area (Å²) in [4.78, 5) is 8.98. The fraction of sp³-hybridized carbons (Fsp3) is 0.417. The van der Waals surface area contributed by atoms with Crippen molar-refractivity contribution in [1.29, 1.82) is 0 Å². The maximum atomic E-state index is 8.98. The third kappa shape index (κ3) is 6.11. The highest BCUT2D eigenvalue weighted by atomic mass is 35.5. The van der Waals surface area contributed by atoms with Crippen molar-refractivity contribution in [2.75, 3.05) is 0 Å². The highest BCUT2D eigenvalue weighted by Crippen LogP contribution is 2.22. The number of hydrogen-bond donors (Lipinski definition) is 0. The molecule has 0 radical (unpaired) electrons. The van der Waals surface area contributed by atoms with Crippen molar-refractivity contribution in [3.8, 4) is 0 Å². The van der Waals surface area contributed by atoms with Crippen LogP contribution in [0.5, 0.6) is 0 Å².